The normalized spacial score (nSPS) is 23.6. The highest BCUT2D eigenvalue weighted by molar-refractivity contribution is 4.78. The Bertz CT molecular complexity index is 196. The molecule has 0 aromatic carbocycles. The molecule has 0 aromatic rings. The molecule has 1 heterocycles. The lowest BCUT2D eigenvalue weighted by Gasteiger charge is -2.29. The second-order valence-electron chi connectivity index (χ2n) is 6.68. The topological polar surface area (TPSA) is 29.3 Å². The Morgan fingerprint density at radius 3 is 2.47 bits per heavy atom. The first kappa shape index (κ1) is 15.0. The van der Waals surface area contributed by atoms with Crippen LogP contribution < -0.4 is 5.73 Å². The number of hydrogen-bond acceptors (Lipinski definition) is 2. The van der Waals surface area contributed by atoms with Crippen LogP contribution in [0.25, 0.3) is 0 Å². The van der Waals surface area contributed by atoms with Crippen molar-refractivity contribution < 1.29 is 0 Å². The molecular weight excluding hydrogens is 208 g/mol. The first-order chi connectivity index (χ1) is 8.04. The fourth-order valence-corrected chi connectivity index (χ4v) is 2.90. The summed E-state index contributed by atoms with van der Waals surface area (Å²) >= 11 is 0. The fourth-order valence-electron chi connectivity index (χ4n) is 2.90. The van der Waals surface area contributed by atoms with Crippen molar-refractivity contribution in [2.45, 2.75) is 59.3 Å². The maximum atomic E-state index is 5.53. The molecule has 2 nitrogen and oxygen atoms in total. The quantitative estimate of drug-likeness (QED) is 0.747. The van der Waals surface area contributed by atoms with Gasteiger partial charge in [-0.2, -0.15) is 0 Å². The molecule has 2 heteroatoms. The van der Waals surface area contributed by atoms with Crippen molar-refractivity contribution in [1.29, 1.82) is 0 Å². The summed E-state index contributed by atoms with van der Waals surface area (Å²) in [6, 6.07) is 0. The number of unbranched alkanes of at least 4 members (excludes halogenated alkanes) is 2. The lowest BCUT2D eigenvalue weighted by Crippen LogP contribution is -2.27. The van der Waals surface area contributed by atoms with Gasteiger partial charge in [-0.25, -0.2) is 0 Å². The van der Waals surface area contributed by atoms with Gasteiger partial charge in [-0.1, -0.05) is 27.2 Å². The molecule has 0 bridgehead atoms. The summed E-state index contributed by atoms with van der Waals surface area (Å²) in [6.07, 6.45) is 8.02. The number of likely N-dealkylation sites (tertiary alicyclic amines) is 1. The van der Waals surface area contributed by atoms with Crippen molar-refractivity contribution in [3.05, 3.63) is 0 Å². The molecule has 17 heavy (non-hydrogen) atoms. The van der Waals surface area contributed by atoms with Gasteiger partial charge in [0.25, 0.3) is 0 Å². The Labute approximate surface area is 108 Å². The Hall–Kier alpha value is -0.0800. The molecule has 1 unspecified atom stereocenters. The van der Waals surface area contributed by atoms with Gasteiger partial charge in [0.15, 0.2) is 0 Å². The van der Waals surface area contributed by atoms with Crippen LogP contribution in [0.15, 0.2) is 0 Å². The number of hydrogen-bond donors (Lipinski definition) is 1. The third kappa shape index (κ3) is 5.87. The van der Waals surface area contributed by atoms with Gasteiger partial charge in [-0.3, -0.25) is 0 Å². The van der Waals surface area contributed by atoms with E-state index in [0.29, 0.717) is 5.41 Å². The van der Waals surface area contributed by atoms with E-state index in [1.807, 2.05) is 0 Å². The minimum atomic E-state index is 0.496. The van der Waals surface area contributed by atoms with Gasteiger partial charge in [0.2, 0.25) is 0 Å². The first-order valence-electron chi connectivity index (χ1n) is 7.46. The molecule has 1 rings (SSSR count). The van der Waals surface area contributed by atoms with Gasteiger partial charge in [0.1, 0.15) is 0 Å². The lowest BCUT2D eigenvalue weighted by atomic mass is 9.77. The van der Waals surface area contributed by atoms with E-state index in [1.54, 1.807) is 0 Å². The number of nitrogens with two attached hydrogens (primary N) is 1. The Balaban J connectivity index is 2.23. The zero-order chi connectivity index (χ0) is 12.7. The zero-order valence-electron chi connectivity index (χ0n) is 12.2. The molecule has 1 saturated heterocycles. The summed E-state index contributed by atoms with van der Waals surface area (Å²) in [7, 11) is 0. The molecule has 0 saturated carbocycles. The summed E-state index contributed by atoms with van der Waals surface area (Å²) in [5, 5.41) is 0. The van der Waals surface area contributed by atoms with Crippen LogP contribution in [-0.2, 0) is 0 Å². The number of nitrogens with zero attached hydrogens (tertiary/aromatic N) is 1. The minimum absolute atomic E-state index is 0.496. The highest BCUT2D eigenvalue weighted by atomic mass is 15.1. The molecule has 102 valence electrons. The lowest BCUT2D eigenvalue weighted by molar-refractivity contribution is 0.207. The summed E-state index contributed by atoms with van der Waals surface area (Å²) < 4.78 is 0. The molecule has 0 aromatic heterocycles. The van der Waals surface area contributed by atoms with Crippen LogP contribution in [-0.4, -0.2) is 31.1 Å². The summed E-state index contributed by atoms with van der Waals surface area (Å²) in [5.74, 6) is 0.913. The van der Waals surface area contributed by atoms with Crippen molar-refractivity contribution in [2.24, 2.45) is 17.1 Å². The van der Waals surface area contributed by atoms with Gasteiger partial charge in [-0.15, -0.1) is 0 Å². The van der Waals surface area contributed by atoms with Crippen LogP contribution in [0, 0.1) is 11.3 Å². The van der Waals surface area contributed by atoms with E-state index in [0.717, 1.165) is 12.5 Å². The molecule has 1 aliphatic heterocycles. The maximum Gasteiger partial charge on any atom is -0.00159 e. The van der Waals surface area contributed by atoms with Crippen LogP contribution in [0.1, 0.15) is 59.3 Å². The summed E-state index contributed by atoms with van der Waals surface area (Å²) in [5.41, 5.74) is 6.02. The highest BCUT2D eigenvalue weighted by Gasteiger charge is 2.26. The van der Waals surface area contributed by atoms with E-state index in [2.05, 4.69) is 25.7 Å². The average Bonchev–Trinajstić information content (AvgIpc) is 2.49. The average molecular weight is 240 g/mol. The summed E-state index contributed by atoms with van der Waals surface area (Å²) in [6.45, 7) is 12.0. The van der Waals surface area contributed by atoms with Crippen molar-refractivity contribution in [1.82, 2.24) is 4.90 Å². The molecule has 1 atom stereocenters. The van der Waals surface area contributed by atoms with E-state index in [4.69, 9.17) is 5.73 Å². The fraction of sp³-hybridized carbons (Fsp3) is 1.00. The first-order valence-corrected chi connectivity index (χ1v) is 7.46. The predicted molar refractivity (Wildman–Crippen MR) is 76.1 cm³/mol. The Morgan fingerprint density at radius 1 is 1.06 bits per heavy atom. The van der Waals surface area contributed by atoms with Crippen molar-refractivity contribution in [3.8, 4) is 0 Å². The second-order valence-corrected chi connectivity index (χ2v) is 6.68. The van der Waals surface area contributed by atoms with E-state index in [-0.39, 0.29) is 0 Å². The van der Waals surface area contributed by atoms with Crippen LogP contribution >= 0.6 is 0 Å². The monoisotopic (exact) mass is 240 g/mol. The molecule has 0 radical (unpaired) electrons. The van der Waals surface area contributed by atoms with Gasteiger partial charge >= 0.3 is 0 Å². The smallest absolute Gasteiger partial charge is 0.00159 e. The molecule has 1 aliphatic rings. The Morgan fingerprint density at radius 2 is 1.82 bits per heavy atom. The standard InChI is InChI=1S/C15H32N2/c1-15(2,3)14-8-7-12-17(13-9-14)11-6-4-5-10-16/h14H,4-13,16H2,1-3H3. The third-order valence-corrected chi connectivity index (χ3v) is 4.22. The van der Waals surface area contributed by atoms with Gasteiger partial charge in [0, 0.05) is 0 Å². The van der Waals surface area contributed by atoms with E-state index >= 15 is 0 Å². The largest absolute Gasteiger partial charge is 0.330 e. The maximum absolute atomic E-state index is 5.53. The third-order valence-electron chi connectivity index (χ3n) is 4.22. The van der Waals surface area contributed by atoms with Gasteiger partial charge in [0.05, 0.1) is 0 Å². The van der Waals surface area contributed by atoms with Crippen LogP contribution in [0.3, 0.4) is 0 Å². The van der Waals surface area contributed by atoms with Crippen molar-refractivity contribution in [2.75, 3.05) is 26.2 Å². The van der Waals surface area contributed by atoms with E-state index in [1.165, 1.54) is 58.2 Å². The number of rotatable bonds is 5. The van der Waals surface area contributed by atoms with Crippen molar-refractivity contribution >= 4 is 0 Å². The zero-order valence-corrected chi connectivity index (χ0v) is 12.2. The molecule has 0 aliphatic carbocycles. The summed E-state index contributed by atoms with van der Waals surface area (Å²) in [4.78, 5) is 2.67. The molecule has 0 spiro atoms. The molecule has 0 amide bonds. The SMILES string of the molecule is CC(C)(C)C1CCCN(CCCCCN)CC1. The van der Waals surface area contributed by atoms with Gasteiger partial charge < -0.3 is 10.6 Å². The van der Waals surface area contributed by atoms with Crippen molar-refractivity contribution in [3.63, 3.8) is 0 Å². The van der Waals surface area contributed by atoms with E-state index < -0.39 is 0 Å². The predicted octanol–water partition coefficient (Wildman–Crippen LogP) is 3.26. The molecular formula is C15H32N2. The van der Waals surface area contributed by atoms with E-state index in [9.17, 15) is 0 Å². The second kappa shape index (κ2) is 7.38. The van der Waals surface area contributed by atoms with Crippen LogP contribution in [0.4, 0.5) is 0 Å². The molecule has 2 N–H and O–H groups in total. The van der Waals surface area contributed by atoms with Crippen LogP contribution in [0.2, 0.25) is 0 Å². The Kier molecular flexibility index (Phi) is 6.50. The highest BCUT2D eigenvalue weighted by Crippen LogP contribution is 2.34. The van der Waals surface area contributed by atoms with Gasteiger partial charge in [-0.05, 0) is 69.6 Å². The molecule has 1 fully saturated rings. The van der Waals surface area contributed by atoms with Crippen LogP contribution in [0.5, 0.6) is 0 Å². The minimum Gasteiger partial charge on any atom is -0.330 e.